The van der Waals surface area contributed by atoms with Gasteiger partial charge in [0.2, 0.25) is 0 Å². The number of carboxylic acids is 1. The predicted molar refractivity (Wildman–Crippen MR) is 76.3 cm³/mol. The van der Waals surface area contributed by atoms with Crippen LogP contribution in [0, 0.1) is 5.92 Å². The summed E-state index contributed by atoms with van der Waals surface area (Å²) in [5.74, 6) is -0.127. The van der Waals surface area contributed by atoms with Gasteiger partial charge in [-0.3, -0.25) is 0 Å². The average Bonchev–Trinajstić information content (AvgIpc) is 2.27. The average molecular weight is 312 g/mol. The Morgan fingerprint density at radius 3 is 2.72 bits per heavy atom. The monoisotopic (exact) mass is 311 g/mol. The summed E-state index contributed by atoms with van der Waals surface area (Å²) in [7, 11) is 0. The molecule has 0 amide bonds. The molecular weight excluding hydrogens is 294 g/mol. The van der Waals surface area contributed by atoms with E-state index in [-0.39, 0.29) is 0 Å². The largest absolute Gasteiger partial charge is 0.478 e. The molecule has 0 radical (unpaired) electrons. The summed E-state index contributed by atoms with van der Waals surface area (Å²) in [6.45, 7) is 5.48. The summed E-state index contributed by atoms with van der Waals surface area (Å²) < 4.78 is 0.822. The molecule has 1 aromatic rings. The molecule has 3 nitrogen and oxygen atoms in total. The van der Waals surface area contributed by atoms with Crippen LogP contribution in [0.5, 0.6) is 0 Å². The smallest absolute Gasteiger partial charge is 0.335 e. The molecule has 0 spiro atoms. The van der Waals surface area contributed by atoms with Crippen LogP contribution in [0.4, 0.5) is 5.69 Å². The fraction of sp³-hybridized carbons (Fsp3) is 0.500. The lowest BCUT2D eigenvalue weighted by Gasteiger charge is -2.38. The zero-order chi connectivity index (χ0) is 13.3. The van der Waals surface area contributed by atoms with Gasteiger partial charge in [0.25, 0.3) is 0 Å². The Hall–Kier alpha value is -1.03. The maximum Gasteiger partial charge on any atom is 0.335 e. The van der Waals surface area contributed by atoms with E-state index < -0.39 is 5.97 Å². The first-order valence-corrected chi connectivity index (χ1v) is 7.07. The Balaban J connectivity index is 2.30. The summed E-state index contributed by atoms with van der Waals surface area (Å²) in [4.78, 5) is 13.4. The van der Waals surface area contributed by atoms with Crippen LogP contribution in [0.15, 0.2) is 22.7 Å². The Kier molecular flexibility index (Phi) is 3.95. The number of carbonyl (C=O) groups is 1. The van der Waals surface area contributed by atoms with Crippen LogP contribution in [-0.2, 0) is 0 Å². The van der Waals surface area contributed by atoms with Crippen LogP contribution < -0.4 is 4.90 Å². The molecule has 2 atom stereocenters. The summed E-state index contributed by atoms with van der Waals surface area (Å²) in [6.07, 6.45) is 2.33. The second-order valence-corrected chi connectivity index (χ2v) is 6.09. The minimum Gasteiger partial charge on any atom is -0.478 e. The number of piperidine rings is 1. The Labute approximate surface area is 116 Å². The van der Waals surface area contributed by atoms with Crippen LogP contribution >= 0.6 is 15.9 Å². The first kappa shape index (κ1) is 13.4. The van der Waals surface area contributed by atoms with Gasteiger partial charge in [-0.25, -0.2) is 4.79 Å². The van der Waals surface area contributed by atoms with Gasteiger partial charge in [-0.2, -0.15) is 0 Å². The van der Waals surface area contributed by atoms with Crippen molar-refractivity contribution in [3.8, 4) is 0 Å². The number of hydrogen-bond acceptors (Lipinski definition) is 2. The van der Waals surface area contributed by atoms with Crippen molar-refractivity contribution >= 4 is 27.6 Å². The van der Waals surface area contributed by atoms with Crippen LogP contribution in [0.1, 0.15) is 37.0 Å². The van der Waals surface area contributed by atoms with Gasteiger partial charge >= 0.3 is 5.97 Å². The first-order chi connectivity index (χ1) is 8.47. The van der Waals surface area contributed by atoms with Gasteiger partial charge in [0.15, 0.2) is 0 Å². The summed E-state index contributed by atoms with van der Waals surface area (Å²) >= 11 is 3.39. The van der Waals surface area contributed by atoms with Crippen LogP contribution in [0.3, 0.4) is 0 Å². The van der Waals surface area contributed by atoms with E-state index in [9.17, 15) is 4.79 Å². The summed E-state index contributed by atoms with van der Waals surface area (Å²) in [6, 6.07) is 5.87. The molecule has 1 saturated heterocycles. The number of benzene rings is 1. The van der Waals surface area contributed by atoms with Crippen molar-refractivity contribution in [2.24, 2.45) is 5.92 Å². The molecule has 0 aliphatic carbocycles. The van der Waals surface area contributed by atoms with Crippen molar-refractivity contribution in [2.75, 3.05) is 11.4 Å². The topological polar surface area (TPSA) is 40.5 Å². The highest BCUT2D eigenvalue weighted by atomic mass is 79.9. The minimum atomic E-state index is -0.879. The number of halogens is 1. The van der Waals surface area contributed by atoms with Gasteiger partial charge in [0, 0.05) is 22.7 Å². The molecule has 0 bridgehead atoms. The zero-order valence-corrected chi connectivity index (χ0v) is 12.3. The summed E-state index contributed by atoms with van der Waals surface area (Å²) in [5, 5.41) is 9.10. The molecule has 0 saturated carbocycles. The van der Waals surface area contributed by atoms with Crippen molar-refractivity contribution in [3.63, 3.8) is 0 Å². The quantitative estimate of drug-likeness (QED) is 0.903. The van der Waals surface area contributed by atoms with Gasteiger partial charge in [-0.1, -0.05) is 22.9 Å². The van der Waals surface area contributed by atoms with E-state index >= 15 is 0 Å². The molecule has 0 aromatic heterocycles. The van der Waals surface area contributed by atoms with Gasteiger partial charge in [-0.05, 0) is 43.9 Å². The Morgan fingerprint density at radius 2 is 2.11 bits per heavy atom. The zero-order valence-electron chi connectivity index (χ0n) is 10.7. The fourth-order valence-corrected chi connectivity index (χ4v) is 3.14. The van der Waals surface area contributed by atoms with Crippen molar-refractivity contribution < 1.29 is 9.90 Å². The molecule has 1 heterocycles. The number of rotatable bonds is 2. The second-order valence-electron chi connectivity index (χ2n) is 5.18. The third-order valence-corrected chi connectivity index (χ3v) is 4.06. The van der Waals surface area contributed by atoms with Gasteiger partial charge < -0.3 is 10.0 Å². The van der Waals surface area contributed by atoms with E-state index in [1.807, 2.05) is 6.07 Å². The first-order valence-electron chi connectivity index (χ1n) is 6.28. The number of anilines is 1. The molecule has 18 heavy (non-hydrogen) atoms. The Morgan fingerprint density at radius 1 is 1.39 bits per heavy atom. The van der Waals surface area contributed by atoms with E-state index in [0.717, 1.165) is 29.0 Å². The maximum atomic E-state index is 11.1. The van der Waals surface area contributed by atoms with E-state index in [1.165, 1.54) is 6.42 Å². The van der Waals surface area contributed by atoms with Gasteiger partial charge in [0.1, 0.15) is 0 Å². The van der Waals surface area contributed by atoms with Crippen LogP contribution in [0.25, 0.3) is 0 Å². The second kappa shape index (κ2) is 5.31. The summed E-state index contributed by atoms with van der Waals surface area (Å²) in [5.41, 5.74) is 1.34. The highest BCUT2D eigenvalue weighted by molar-refractivity contribution is 9.10. The molecular formula is C14H18BrNO2. The molecule has 1 aliphatic rings. The lowest BCUT2D eigenvalue weighted by Crippen LogP contribution is -2.40. The lowest BCUT2D eigenvalue weighted by molar-refractivity contribution is 0.0697. The van der Waals surface area contributed by atoms with E-state index in [2.05, 4.69) is 34.7 Å². The van der Waals surface area contributed by atoms with Crippen molar-refractivity contribution in [3.05, 3.63) is 28.2 Å². The van der Waals surface area contributed by atoms with Gasteiger partial charge in [-0.15, -0.1) is 0 Å². The van der Waals surface area contributed by atoms with Crippen LogP contribution in [-0.4, -0.2) is 23.7 Å². The van der Waals surface area contributed by atoms with E-state index in [4.69, 9.17) is 5.11 Å². The van der Waals surface area contributed by atoms with E-state index in [1.54, 1.807) is 12.1 Å². The normalized spacial score (nSPS) is 24.1. The number of hydrogen-bond donors (Lipinski definition) is 1. The van der Waals surface area contributed by atoms with E-state index in [0.29, 0.717) is 11.6 Å². The highest BCUT2D eigenvalue weighted by Crippen LogP contribution is 2.30. The predicted octanol–water partition coefficient (Wildman–Crippen LogP) is 3.77. The third-order valence-electron chi connectivity index (χ3n) is 3.60. The van der Waals surface area contributed by atoms with Gasteiger partial charge in [0.05, 0.1) is 5.56 Å². The maximum absolute atomic E-state index is 11.1. The van der Waals surface area contributed by atoms with Crippen molar-refractivity contribution in [1.82, 2.24) is 0 Å². The SMILES string of the molecule is CC1CCN(c2cc(Br)cc(C(=O)O)c2)C(C)C1. The Bertz CT molecular complexity index is 461. The minimum absolute atomic E-state index is 0.338. The molecule has 2 unspecified atom stereocenters. The van der Waals surface area contributed by atoms with Crippen molar-refractivity contribution in [1.29, 1.82) is 0 Å². The van der Waals surface area contributed by atoms with Crippen molar-refractivity contribution in [2.45, 2.75) is 32.7 Å². The molecule has 1 fully saturated rings. The third kappa shape index (κ3) is 2.86. The standard InChI is InChI=1S/C14H18BrNO2/c1-9-3-4-16(10(2)5-9)13-7-11(14(17)18)6-12(15)8-13/h6-10H,3-5H2,1-2H3,(H,17,18). The lowest BCUT2D eigenvalue weighted by atomic mass is 9.93. The van der Waals surface area contributed by atoms with Crippen LogP contribution in [0.2, 0.25) is 0 Å². The molecule has 4 heteroatoms. The number of carboxylic acid groups (broad SMARTS) is 1. The molecule has 98 valence electrons. The fourth-order valence-electron chi connectivity index (χ4n) is 2.65. The molecule has 1 N–H and O–H groups in total. The number of nitrogens with zero attached hydrogens (tertiary/aromatic N) is 1. The number of aromatic carboxylic acids is 1. The molecule has 1 aromatic carbocycles. The molecule has 1 aliphatic heterocycles. The highest BCUT2D eigenvalue weighted by Gasteiger charge is 2.23. The molecule has 2 rings (SSSR count).